The van der Waals surface area contributed by atoms with E-state index in [1.54, 1.807) is 13.0 Å². The highest BCUT2D eigenvalue weighted by atomic mass is 16.5. The normalized spacial score (nSPS) is 21.6. The van der Waals surface area contributed by atoms with Gasteiger partial charge in [0, 0.05) is 19.2 Å². The van der Waals surface area contributed by atoms with Gasteiger partial charge >= 0.3 is 5.97 Å². The summed E-state index contributed by atoms with van der Waals surface area (Å²) in [5.74, 6) is -0.786. The molecule has 0 saturated carbocycles. The minimum Gasteiger partial charge on any atom is -0.463 e. The molecule has 1 atom stereocenters. The molecule has 0 aromatic carbocycles. The molecule has 1 aliphatic heterocycles. The summed E-state index contributed by atoms with van der Waals surface area (Å²) >= 11 is 0. The van der Waals surface area contributed by atoms with Crippen LogP contribution in [0.15, 0.2) is 12.2 Å². The Hall–Kier alpha value is -1.40. The molecule has 0 radical (unpaired) electrons. The molecule has 17 heavy (non-hydrogen) atoms. The summed E-state index contributed by atoms with van der Waals surface area (Å²) in [7, 11) is 0. The van der Waals surface area contributed by atoms with Crippen LogP contribution in [-0.2, 0) is 19.1 Å². The number of nitrogens with zero attached hydrogens (tertiary/aromatic N) is 1. The maximum atomic E-state index is 11.1. The number of rotatable bonds is 5. The average molecular weight is 242 g/mol. The molecule has 1 amide bonds. The molecule has 0 aromatic heterocycles. The summed E-state index contributed by atoms with van der Waals surface area (Å²) in [6, 6.07) is -0.421. The van der Waals surface area contributed by atoms with Crippen LogP contribution in [0.2, 0.25) is 0 Å². The van der Waals surface area contributed by atoms with Gasteiger partial charge < -0.3 is 15.2 Å². The van der Waals surface area contributed by atoms with Gasteiger partial charge in [0.25, 0.3) is 0 Å². The Bertz CT molecular complexity index is 304. The molecule has 0 spiro atoms. The van der Waals surface area contributed by atoms with Crippen LogP contribution in [0.3, 0.4) is 0 Å². The number of morpholine rings is 1. The van der Waals surface area contributed by atoms with Crippen LogP contribution in [-0.4, -0.2) is 55.7 Å². The van der Waals surface area contributed by atoms with Gasteiger partial charge in [-0.2, -0.15) is 0 Å². The van der Waals surface area contributed by atoms with E-state index in [9.17, 15) is 9.59 Å². The van der Waals surface area contributed by atoms with E-state index in [2.05, 4.69) is 0 Å². The molecular weight excluding hydrogens is 224 g/mol. The lowest BCUT2D eigenvalue weighted by molar-refractivity contribution is -0.137. The lowest BCUT2D eigenvalue weighted by Gasteiger charge is -2.32. The monoisotopic (exact) mass is 242 g/mol. The Labute approximate surface area is 100 Å². The molecule has 1 fully saturated rings. The van der Waals surface area contributed by atoms with Crippen molar-refractivity contribution in [1.82, 2.24) is 4.90 Å². The summed E-state index contributed by atoms with van der Waals surface area (Å²) in [6.45, 7) is 4.08. The zero-order valence-electron chi connectivity index (χ0n) is 9.93. The van der Waals surface area contributed by atoms with Crippen LogP contribution >= 0.6 is 0 Å². The second-order valence-electron chi connectivity index (χ2n) is 3.64. The highest BCUT2D eigenvalue weighted by Gasteiger charge is 2.26. The predicted molar refractivity (Wildman–Crippen MR) is 61.1 cm³/mol. The molecule has 1 rings (SSSR count). The van der Waals surface area contributed by atoms with E-state index in [4.69, 9.17) is 15.2 Å². The first-order valence-electron chi connectivity index (χ1n) is 5.59. The summed E-state index contributed by atoms with van der Waals surface area (Å²) < 4.78 is 9.93. The third-order valence-corrected chi connectivity index (χ3v) is 2.45. The van der Waals surface area contributed by atoms with Crippen molar-refractivity contribution < 1.29 is 19.1 Å². The van der Waals surface area contributed by atoms with E-state index in [1.807, 2.05) is 4.90 Å². The van der Waals surface area contributed by atoms with Gasteiger partial charge in [-0.25, -0.2) is 4.79 Å². The van der Waals surface area contributed by atoms with Gasteiger partial charge in [0.1, 0.15) is 6.04 Å². The van der Waals surface area contributed by atoms with E-state index >= 15 is 0 Å². The first-order chi connectivity index (χ1) is 8.15. The molecule has 1 aliphatic rings. The average Bonchev–Trinajstić information content (AvgIpc) is 2.30. The maximum Gasteiger partial charge on any atom is 0.330 e. The second-order valence-corrected chi connectivity index (χ2v) is 3.64. The molecule has 1 unspecified atom stereocenters. The number of amides is 1. The van der Waals surface area contributed by atoms with E-state index in [0.29, 0.717) is 32.9 Å². The fourth-order valence-electron chi connectivity index (χ4n) is 1.59. The first-order valence-corrected chi connectivity index (χ1v) is 5.59. The molecule has 1 saturated heterocycles. The highest BCUT2D eigenvalue weighted by Crippen LogP contribution is 2.06. The van der Waals surface area contributed by atoms with Crippen molar-refractivity contribution >= 4 is 11.9 Å². The van der Waals surface area contributed by atoms with Gasteiger partial charge in [-0.1, -0.05) is 6.08 Å². The van der Waals surface area contributed by atoms with E-state index in [-0.39, 0.29) is 5.97 Å². The summed E-state index contributed by atoms with van der Waals surface area (Å²) in [6.07, 6.45) is 3.02. The number of carbonyl (C=O) groups is 2. The van der Waals surface area contributed by atoms with Crippen LogP contribution in [0.1, 0.15) is 6.92 Å². The second kappa shape index (κ2) is 7.03. The Balaban J connectivity index is 2.43. The molecule has 6 heteroatoms. The Morgan fingerprint density at radius 3 is 3.00 bits per heavy atom. The smallest absolute Gasteiger partial charge is 0.330 e. The summed E-state index contributed by atoms with van der Waals surface area (Å²) in [4.78, 5) is 24.1. The van der Waals surface area contributed by atoms with Gasteiger partial charge in [-0.3, -0.25) is 9.69 Å². The zero-order chi connectivity index (χ0) is 12.7. The minimum absolute atomic E-state index is 0.308. The molecule has 2 N–H and O–H groups in total. The Morgan fingerprint density at radius 2 is 2.35 bits per heavy atom. The number of nitrogens with two attached hydrogens (primary N) is 1. The van der Waals surface area contributed by atoms with Crippen LogP contribution in [0.5, 0.6) is 0 Å². The number of hydrogen-bond acceptors (Lipinski definition) is 5. The van der Waals surface area contributed by atoms with E-state index in [0.717, 1.165) is 0 Å². The SMILES string of the molecule is CCOC(=O)/C=C/CN1CCOCC1C(N)=O. The molecule has 6 nitrogen and oxygen atoms in total. The molecule has 0 aliphatic carbocycles. The molecule has 1 heterocycles. The van der Waals surface area contributed by atoms with E-state index < -0.39 is 11.9 Å². The topological polar surface area (TPSA) is 81.9 Å². The third-order valence-electron chi connectivity index (χ3n) is 2.45. The third kappa shape index (κ3) is 4.54. The van der Waals surface area contributed by atoms with Crippen molar-refractivity contribution in [3.63, 3.8) is 0 Å². The number of hydrogen-bond donors (Lipinski definition) is 1. The lowest BCUT2D eigenvalue weighted by atomic mass is 10.2. The van der Waals surface area contributed by atoms with Gasteiger partial charge in [0.2, 0.25) is 5.91 Å². The van der Waals surface area contributed by atoms with Crippen molar-refractivity contribution in [3.05, 3.63) is 12.2 Å². The molecular formula is C11H18N2O4. The van der Waals surface area contributed by atoms with Crippen molar-refractivity contribution in [2.24, 2.45) is 5.73 Å². The number of carbonyl (C=O) groups excluding carboxylic acids is 2. The molecule has 96 valence electrons. The lowest BCUT2D eigenvalue weighted by Crippen LogP contribution is -2.52. The number of primary amides is 1. The zero-order valence-corrected chi connectivity index (χ0v) is 9.93. The number of ether oxygens (including phenoxy) is 2. The Morgan fingerprint density at radius 1 is 1.59 bits per heavy atom. The van der Waals surface area contributed by atoms with Crippen molar-refractivity contribution in [2.75, 3.05) is 32.9 Å². The van der Waals surface area contributed by atoms with Crippen LogP contribution in [0, 0.1) is 0 Å². The fourth-order valence-corrected chi connectivity index (χ4v) is 1.59. The van der Waals surface area contributed by atoms with E-state index in [1.165, 1.54) is 6.08 Å². The molecule has 0 aromatic rings. The van der Waals surface area contributed by atoms with Gasteiger partial charge in [0.05, 0.1) is 19.8 Å². The van der Waals surface area contributed by atoms with Crippen LogP contribution in [0.4, 0.5) is 0 Å². The van der Waals surface area contributed by atoms with Gasteiger partial charge in [-0.15, -0.1) is 0 Å². The van der Waals surface area contributed by atoms with Gasteiger partial charge in [-0.05, 0) is 6.92 Å². The van der Waals surface area contributed by atoms with Crippen molar-refractivity contribution in [2.45, 2.75) is 13.0 Å². The molecule has 0 bridgehead atoms. The largest absolute Gasteiger partial charge is 0.463 e. The summed E-state index contributed by atoms with van der Waals surface area (Å²) in [5, 5.41) is 0. The highest BCUT2D eigenvalue weighted by molar-refractivity contribution is 5.82. The minimum atomic E-state index is -0.421. The first kappa shape index (κ1) is 13.7. The quantitative estimate of drug-likeness (QED) is 0.509. The van der Waals surface area contributed by atoms with Crippen molar-refractivity contribution in [3.8, 4) is 0 Å². The van der Waals surface area contributed by atoms with Crippen LogP contribution < -0.4 is 5.73 Å². The van der Waals surface area contributed by atoms with Crippen LogP contribution in [0.25, 0.3) is 0 Å². The Kier molecular flexibility index (Phi) is 5.65. The number of esters is 1. The fraction of sp³-hybridized carbons (Fsp3) is 0.636. The summed E-state index contributed by atoms with van der Waals surface area (Å²) in [5.41, 5.74) is 5.26. The standard InChI is InChI=1S/C11H18N2O4/c1-2-17-10(14)4-3-5-13-6-7-16-8-9(13)11(12)15/h3-4,9H,2,5-8H2,1H3,(H2,12,15)/b4-3+. The van der Waals surface area contributed by atoms with Crippen molar-refractivity contribution in [1.29, 1.82) is 0 Å². The van der Waals surface area contributed by atoms with Gasteiger partial charge in [0.15, 0.2) is 0 Å². The maximum absolute atomic E-state index is 11.1. The predicted octanol–water partition coefficient (Wildman–Crippen LogP) is -0.708.